The van der Waals surface area contributed by atoms with Gasteiger partial charge >= 0.3 is 0 Å². The molecular formula is C12H19NO. The van der Waals surface area contributed by atoms with Crippen molar-refractivity contribution in [1.82, 2.24) is 4.90 Å². The molecule has 14 heavy (non-hydrogen) atoms. The zero-order valence-electron chi connectivity index (χ0n) is 9.20. The normalized spacial score (nSPS) is 13.2. The Morgan fingerprint density at radius 3 is 2.57 bits per heavy atom. The summed E-state index contributed by atoms with van der Waals surface area (Å²) in [6.07, 6.45) is -0.260. The Balaban J connectivity index is 2.56. The molecule has 0 spiro atoms. The first-order chi connectivity index (χ1) is 6.59. The molecular weight excluding hydrogens is 174 g/mol. The third kappa shape index (κ3) is 3.48. The minimum atomic E-state index is -0.260. The average molecular weight is 193 g/mol. The topological polar surface area (TPSA) is 23.5 Å². The van der Waals surface area contributed by atoms with Crippen LogP contribution in [0.4, 0.5) is 0 Å². The predicted molar refractivity (Wildman–Crippen MR) is 59.2 cm³/mol. The van der Waals surface area contributed by atoms with Gasteiger partial charge in [0.1, 0.15) is 0 Å². The fourth-order valence-electron chi connectivity index (χ4n) is 1.59. The van der Waals surface area contributed by atoms with Gasteiger partial charge in [0.15, 0.2) is 0 Å². The van der Waals surface area contributed by atoms with Crippen molar-refractivity contribution in [2.45, 2.75) is 26.5 Å². The van der Waals surface area contributed by atoms with Crippen LogP contribution >= 0.6 is 0 Å². The summed E-state index contributed by atoms with van der Waals surface area (Å²) in [7, 11) is 2.03. The van der Waals surface area contributed by atoms with E-state index in [0.717, 1.165) is 6.54 Å². The number of aryl methyl sites for hydroxylation is 1. The number of benzene rings is 1. The minimum Gasteiger partial charge on any atom is -0.392 e. The number of rotatable bonds is 4. The molecule has 0 fully saturated rings. The zero-order chi connectivity index (χ0) is 10.6. The van der Waals surface area contributed by atoms with E-state index >= 15 is 0 Å². The van der Waals surface area contributed by atoms with Crippen LogP contribution in [0.1, 0.15) is 18.1 Å². The van der Waals surface area contributed by atoms with E-state index < -0.39 is 0 Å². The maximum Gasteiger partial charge on any atom is 0.0639 e. The Bertz CT molecular complexity index is 283. The highest BCUT2D eigenvalue weighted by molar-refractivity contribution is 5.25. The summed E-state index contributed by atoms with van der Waals surface area (Å²) in [5.41, 5.74) is 2.64. The monoisotopic (exact) mass is 193 g/mol. The molecule has 0 aromatic heterocycles. The standard InChI is InChI=1S/C12H19NO/c1-10-6-4-5-7-12(10)9-13(3)8-11(2)14/h4-7,11,14H,8-9H2,1-3H3. The fraction of sp³-hybridized carbons (Fsp3) is 0.500. The lowest BCUT2D eigenvalue weighted by molar-refractivity contribution is 0.138. The largest absolute Gasteiger partial charge is 0.392 e. The van der Waals surface area contributed by atoms with E-state index in [-0.39, 0.29) is 6.10 Å². The van der Waals surface area contributed by atoms with Gasteiger partial charge in [-0.2, -0.15) is 0 Å². The highest BCUT2D eigenvalue weighted by Gasteiger charge is 2.04. The van der Waals surface area contributed by atoms with Crippen molar-refractivity contribution in [1.29, 1.82) is 0 Å². The zero-order valence-corrected chi connectivity index (χ0v) is 9.20. The summed E-state index contributed by atoms with van der Waals surface area (Å²) in [6, 6.07) is 8.35. The molecule has 1 aromatic rings. The van der Waals surface area contributed by atoms with Gasteiger partial charge in [-0.3, -0.25) is 4.90 Å². The van der Waals surface area contributed by atoms with Gasteiger partial charge in [-0.15, -0.1) is 0 Å². The van der Waals surface area contributed by atoms with Gasteiger partial charge < -0.3 is 5.11 Å². The molecule has 1 unspecified atom stereocenters. The number of likely N-dealkylation sites (N-methyl/N-ethyl adjacent to an activating group) is 1. The number of hydrogen-bond donors (Lipinski definition) is 1. The molecule has 0 aliphatic heterocycles. The molecule has 1 rings (SSSR count). The molecule has 0 saturated heterocycles. The van der Waals surface area contributed by atoms with E-state index in [1.807, 2.05) is 20.0 Å². The van der Waals surface area contributed by atoms with Gasteiger partial charge in [-0.25, -0.2) is 0 Å². The smallest absolute Gasteiger partial charge is 0.0639 e. The summed E-state index contributed by atoms with van der Waals surface area (Å²) in [4.78, 5) is 2.13. The Labute approximate surface area is 86.2 Å². The summed E-state index contributed by atoms with van der Waals surface area (Å²) < 4.78 is 0. The summed E-state index contributed by atoms with van der Waals surface area (Å²) >= 11 is 0. The lowest BCUT2D eigenvalue weighted by Crippen LogP contribution is -2.26. The molecule has 0 bridgehead atoms. The first-order valence-electron chi connectivity index (χ1n) is 5.00. The molecule has 0 amide bonds. The molecule has 0 aliphatic rings. The van der Waals surface area contributed by atoms with Crippen LogP contribution in [0.3, 0.4) is 0 Å². The molecule has 0 radical (unpaired) electrons. The molecule has 1 aromatic carbocycles. The Hall–Kier alpha value is -0.860. The second kappa shape index (κ2) is 5.13. The Morgan fingerprint density at radius 2 is 2.00 bits per heavy atom. The summed E-state index contributed by atoms with van der Waals surface area (Å²) in [6.45, 7) is 5.55. The van der Waals surface area contributed by atoms with E-state index in [2.05, 4.69) is 30.0 Å². The van der Waals surface area contributed by atoms with Crippen molar-refractivity contribution in [2.24, 2.45) is 0 Å². The molecule has 0 heterocycles. The van der Waals surface area contributed by atoms with Crippen LogP contribution in [0.2, 0.25) is 0 Å². The highest BCUT2D eigenvalue weighted by atomic mass is 16.3. The van der Waals surface area contributed by atoms with Crippen LogP contribution in [0.5, 0.6) is 0 Å². The van der Waals surface area contributed by atoms with Crippen LogP contribution in [-0.4, -0.2) is 29.7 Å². The quantitative estimate of drug-likeness (QED) is 0.788. The second-order valence-electron chi connectivity index (χ2n) is 3.97. The SMILES string of the molecule is Cc1ccccc1CN(C)CC(C)O. The lowest BCUT2D eigenvalue weighted by atomic mass is 10.1. The first kappa shape index (κ1) is 11.2. The van der Waals surface area contributed by atoms with E-state index in [1.165, 1.54) is 11.1 Å². The maximum atomic E-state index is 9.23. The van der Waals surface area contributed by atoms with Crippen molar-refractivity contribution in [3.63, 3.8) is 0 Å². The molecule has 1 atom stereocenters. The summed E-state index contributed by atoms with van der Waals surface area (Å²) in [5.74, 6) is 0. The van der Waals surface area contributed by atoms with Gasteiger partial charge in [0.2, 0.25) is 0 Å². The number of aliphatic hydroxyl groups excluding tert-OH is 1. The molecule has 2 nitrogen and oxygen atoms in total. The van der Waals surface area contributed by atoms with Crippen LogP contribution < -0.4 is 0 Å². The third-order valence-corrected chi connectivity index (χ3v) is 2.28. The maximum absolute atomic E-state index is 9.23. The molecule has 1 N–H and O–H groups in total. The summed E-state index contributed by atoms with van der Waals surface area (Å²) in [5, 5.41) is 9.23. The molecule has 78 valence electrons. The van der Waals surface area contributed by atoms with Gasteiger partial charge in [0.05, 0.1) is 6.10 Å². The van der Waals surface area contributed by atoms with Crippen molar-refractivity contribution >= 4 is 0 Å². The fourth-order valence-corrected chi connectivity index (χ4v) is 1.59. The minimum absolute atomic E-state index is 0.260. The van der Waals surface area contributed by atoms with E-state index in [0.29, 0.717) is 6.54 Å². The van der Waals surface area contributed by atoms with Gasteiger partial charge in [-0.1, -0.05) is 24.3 Å². The van der Waals surface area contributed by atoms with Gasteiger partial charge in [-0.05, 0) is 32.0 Å². The highest BCUT2D eigenvalue weighted by Crippen LogP contribution is 2.09. The van der Waals surface area contributed by atoms with Crippen LogP contribution in [0.15, 0.2) is 24.3 Å². The third-order valence-electron chi connectivity index (χ3n) is 2.28. The lowest BCUT2D eigenvalue weighted by Gasteiger charge is -2.19. The van der Waals surface area contributed by atoms with Gasteiger partial charge in [0.25, 0.3) is 0 Å². The van der Waals surface area contributed by atoms with Crippen molar-refractivity contribution in [3.05, 3.63) is 35.4 Å². The Kier molecular flexibility index (Phi) is 4.11. The van der Waals surface area contributed by atoms with E-state index in [9.17, 15) is 5.11 Å². The number of nitrogens with zero attached hydrogens (tertiary/aromatic N) is 1. The van der Waals surface area contributed by atoms with Gasteiger partial charge in [0, 0.05) is 13.1 Å². The van der Waals surface area contributed by atoms with Crippen molar-refractivity contribution in [2.75, 3.05) is 13.6 Å². The second-order valence-corrected chi connectivity index (χ2v) is 3.97. The number of hydrogen-bond acceptors (Lipinski definition) is 2. The number of aliphatic hydroxyl groups is 1. The van der Waals surface area contributed by atoms with Crippen molar-refractivity contribution in [3.8, 4) is 0 Å². The van der Waals surface area contributed by atoms with Crippen LogP contribution in [-0.2, 0) is 6.54 Å². The van der Waals surface area contributed by atoms with Crippen LogP contribution in [0, 0.1) is 6.92 Å². The van der Waals surface area contributed by atoms with E-state index in [4.69, 9.17) is 0 Å². The average Bonchev–Trinajstić information content (AvgIpc) is 2.07. The molecule has 2 heteroatoms. The van der Waals surface area contributed by atoms with Crippen LogP contribution in [0.25, 0.3) is 0 Å². The van der Waals surface area contributed by atoms with E-state index in [1.54, 1.807) is 0 Å². The first-order valence-corrected chi connectivity index (χ1v) is 5.00. The molecule has 0 aliphatic carbocycles. The Morgan fingerprint density at radius 1 is 1.36 bits per heavy atom. The molecule has 0 saturated carbocycles. The predicted octanol–water partition coefficient (Wildman–Crippen LogP) is 1.81. The van der Waals surface area contributed by atoms with Crippen molar-refractivity contribution < 1.29 is 5.11 Å².